The van der Waals surface area contributed by atoms with E-state index in [4.69, 9.17) is 13.6 Å². The molecule has 1 unspecified atom stereocenters. The Labute approximate surface area is 230 Å². The van der Waals surface area contributed by atoms with Crippen molar-refractivity contribution in [3.05, 3.63) is 48.0 Å². The highest BCUT2D eigenvalue weighted by molar-refractivity contribution is 8.77. The number of phosphoric acid groups is 1. The van der Waals surface area contributed by atoms with Crippen molar-refractivity contribution in [2.75, 3.05) is 6.61 Å². The van der Waals surface area contributed by atoms with Gasteiger partial charge in [-0.05, 0) is 72.9 Å². The van der Waals surface area contributed by atoms with E-state index in [1.165, 1.54) is 0 Å². The van der Waals surface area contributed by atoms with Gasteiger partial charge < -0.3 is 9.88 Å². The van der Waals surface area contributed by atoms with Crippen LogP contribution in [0.25, 0.3) is 0 Å². The summed E-state index contributed by atoms with van der Waals surface area (Å²) in [6, 6.07) is 8.10. The van der Waals surface area contributed by atoms with Gasteiger partial charge in [-0.25, -0.2) is 9.55 Å². The first-order valence-corrected chi connectivity index (χ1v) is 16.1. The lowest BCUT2D eigenvalue weighted by Gasteiger charge is -2.27. The van der Waals surface area contributed by atoms with E-state index in [-0.39, 0.29) is 23.4 Å². The number of amides is 1. The lowest BCUT2D eigenvalue weighted by molar-refractivity contribution is -0.121. The van der Waals surface area contributed by atoms with E-state index in [9.17, 15) is 9.36 Å². The fourth-order valence-corrected chi connectivity index (χ4v) is 7.43. The van der Waals surface area contributed by atoms with E-state index in [1.54, 1.807) is 41.6 Å². The second-order valence-electron chi connectivity index (χ2n) is 10.7. The van der Waals surface area contributed by atoms with Gasteiger partial charge in [0, 0.05) is 35.5 Å². The first-order valence-electron chi connectivity index (χ1n) is 12.5. The number of carbonyl (C=O) groups is 1. The molecule has 208 valence electrons. The standard InChI is InChI=1S/C26H42N3O5PS2/c1-20(2)33-35(31,34-25(3,4)5)32-18-14-21-11-9-10-12-22(21)36-37-26(6,7)15-13-24(30)28-19-23-27-16-17-29(23)8/h9-12,16-17,20H,13-15,18-19H2,1-8H3,(H,28,30). The maximum atomic E-state index is 13.1. The molecule has 0 bridgehead atoms. The van der Waals surface area contributed by atoms with Crippen LogP contribution < -0.4 is 5.32 Å². The number of rotatable bonds is 15. The van der Waals surface area contributed by atoms with Crippen LogP contribution in [0.4, 0.5) is 0 Å². The summed E-state index contributed by atoms with van der Waals surface area (Å²) in [5.74, 6) is 0.847. The number of aromatic nitrogens is 2. The summed E-state index contributed by atoms with van der Waals surface area (Å²) in [5, 5.41) is 2.95. The van der Waals surface area contributed by atoms with Gasteiger partial charge in [-0.3, -0.25) is 18.4 Å². The third kappa shape index (κ3) is 12.4. The monoisotopic (exact) mass is 571 g/mol. The predicted octanol–water partition coefficient (Wildman–Crippen LogP) is 6.94. The molecule has 37 heavy (non-hydrogen) atoms. The van der Waals surface area contributed by atoms with Gasteiger partial charge in [0.05, 0.1) is 24.9 Å². The van der Waals surface area contributed by atoms with Gasteiger partial charge >= 0.3 is 7.82 Å². The van der Waals surface area contributed by atoms with Crippen LogP contribution in [0, 0.1) is 0 Å². The molecule has 8 nitrogen and oxygen atoms in total. The van der Waals surface area contributed by atoms with Crippen LogP contribution >= 0.6 is 29.4 Å². The van der Waals surface area contributed by atoms with Crippen molar-refractivity contribution in [2.45, 2.75) is 95.6 Å². The molecule has 1 atom stereocenters. The molecule has 1 aromatic heterocycles. The summed E-state index contributed by atoms with van der Waals surface area (Å²) >= 11 is 0. The zero-order valence-electron chi connectivity index (χ0n) is 23.3. The Morgan fingerprint density at radius 2 is 1.89 bits per heavy atom. The first kappa shape index (κ1) is 31.9. The summed E-state index contributed by atoms with van der Waals surface area (Å²) < 4.78 is 31.8. The third-order valence-corrected chi connectivity index (χ3v) is 10.4. The molecule has 1 N–H and O–H groups in total. The van der Waals surface area contributed by atoms with Crippen molar-refractivity contribution in [3.8, 4) is 0 Å². The van der Waals surface area contributed by atoms with Crippen LogP contribution in [0.1, 0.15) is 72.7 Å². The highest BCUT2D eigenvalue weighted by atomic mass is 33.1. The minimum atomic E-state index is -3.69. The maximum Gasteiger partial charge on any atom is 0.475 e. The number of aryl methyl sites for hydroxylation is 1. The molecule has 0 fully saturated rings. The summed E-state index contributed by atoms with van der Waals surface area (Å²) in [6.07, 6.45) is 5.05. The van der Waals surface area contributed by atoms with Crippen molar-refractivity contribution in [3.63, 3.8) is 0 Å². The number of benzene rings is 1. The number of hydrogen-bond donors (Lipinski definition) is 1. The van der Waals surface area contributed by atoms with E-state index >= 15 is 0 Å². The molecule has 0 aliphatic carbocycles. The predicted molar refractivity (Wildman–Crippen MR) is 153 cm³/mol. The SMILES string of the molecule is CC(C)OP(=O)(OCCc1ccccc1SSC(C)(C)CCC(=O)NCc1nccn1C)OC(C)(C)C. The van der Waals surface area contributed by atoms with Crippen molar-refractivity contribution in [1.29, 1.82) is 0 Å². The molecule has 0 aliphatic rings. The van der Waals surface area contributed by atoms with Gasteiger partial charge in [0.15, 0.2) is 0 Å². The molecule has 0 saturated heterocycles. The molecule has 0 saturated carbocycles. The van der Waals surface area contributed by atoms with Crippen molar-refractivity contribution in [2.24, 2.45) is 7.05 Å². The van der Waals surface area contributed by atoms with Crippen LogP contribution in [0.3, 0.4) is 0 Å². The van der Waals surface area contributed by atoms with E-state index in [0.29, 0.717) is 19.4 Å². The number of phosphoric ester groups is 1. The second-order valence-corrected chi connectivity index (χ2v) is 15.1. The van der Waals surface area contributed by atoms with Crippen LogP contribution in [-0.2, 0) is 42.9 Å². The number of hydrogen-bond acceptors (Lipinski definition) is 8. The van der Waals surface area contributed by atoms with Crippen LogP contribution in [-0.4, -0.2) is 38.5 Å². The molecule has 0 radical (unpaired) electrons. The minimum absolute atomic E-state index is 0.0183. The van der Waals surface area contributed by atoms with Gasteiger partial charge in [-0.1, -0.05) is 39.8 Å². The average Bonchev–Trinajstić information content (AvgIpc) is 3.18. The summed E-state index contributed by atoms with van der Waals surface area (Å²) in [5.41, 5.74) is 0.436. The maximum absolute atomic E-state index is 13.1. The van der Waals surface area contributed by atoms with E-state index < -0.39 is 13.4 Å². The largest absolute Gasteiger partial charge is 0.475 e. The normalized spacial score (nSPS) is 14.1. The summed E-state index contributed by atoms with van der Waals surface area (Å²) in [7, 11) is 1.64. The second kappa shape index (κ2) is 14.2. The number of nitrogens with zero attached hydrogens (tertiary/aromatic N) is 2. The Balaban J connectivity index is 1.87. The molecule has 1 heterocycles. The highest BCUT2D eigenvalue weighted by Gasteiger charge is 2.34. The van der Waals surface area contributed by atoms with Gasteiger partial charge in [0.25, 0.3) is 0 Å². The molecular weight excluding hydrogens is 529 g/mol. The molecule has 11 heteroatoms. The lowest BCUT2D eigenvalue weighted by atomic mass is 10.1. The molecule has 0 spiro atoms. The molecule has 0 aliphatic heterocycles. The van der Waals surface area contributed by atoms with E-state index in [2.05, 4.69) is 30.2 Å². The Morgan fingerprint density at radius 3 is 2.51 bits per heavy atom. The van der Waals surface area contributed by atoms with Crippen LogP contribution in [0.2, 0.25) is 0 Å². The van der Waals surface area contributed by atoms with Gasteiger partial charge in [-0.15, -0.1) is 0 Å². The molecule has 1 aromatic carbocycles. The van der Waals surface area contributed by atoms with Crippen molar-refractivity contribution in [1.82, 2.24) is 14.9 Å². The van der Waals surface area contributed by atoms with Crippen LogP contribution in [0.5, 0.6) is 0 Å². The Hall–Kier alpha value is -1.29. The van der Waals surface area contributed by atoms with Crippen molar-refractivity contribution < 1.29 is 22.9 Å². The van der Waals surface area contributed by atoms with E-state index in [0.717, 1.165) is 22.7 Å². The smallest absolute Gasteiger partial charge is 0.349 e. The fourth-order valence-electron chi connectivity index (χ4n) is 3.18. The average molecular weight is 572 g/mol. The van der Waals surface area contributed by atoms with Gasteiger partial charge in [-0.2, -0.15) is 0 Å². The van der Waals surface area contributed by atoms with Crippen LogP contribution in [0.15, 0.2) is 41.6 Å². The first-order chi connectivity index (χ1) is 17.2. The zero-order chi connectivity index (χ0) is 27.7. The zero-order valence-corrected chi connectivity index (χ0v) is 25.8. The highest BCUT2D eigenvalue weighted by Crippen LogP contribution is 2.53. The Kier molecular flexibility index (Phi) is 12.2. The molecule has 1 amide bonds. The molecular formula is C26H42N3O5PS2. The lowest BCUT2D eigenvalue weighted by Crippen LogP contribution is -2.26. The summed E-state index contributed by atoms with van der Waals surface area (Å²) in [4.78, 5) is 17.7. The number of nitrogens with one attached hydrogen (secondary N) is 1. The fraction of sp³-hybridized carbons (Fsp3) is 0.615. The van der Waals surface area contributed by atoms with Gasteiger partial charge in [0.2, 0.25) is 5.91 Å². The Morgan fingerprint density at radius 1 is 1.19 bits per heavy atom. The molecule has 2 rings (SSSR count). The third-order valence-electron chi connectivity index (χ3n) is 4.99. The Bertz CT molecular complexity index is 1050. The number of imidazole rings is 1. The quantitative estimate of drug-likeness (QED) is 0.182. The summed E-state index contributed by atoms with van der Waals surface area (Å²) in [6.45, 7) is 14.0. The number of carbonyl (C=O) groups excluding carboxylic acids is 1. The minimum Gasteiger partial charge on any atom is -0.349 e. The van der Waals surface area contributed by atoms with Crippen molar-refractivity contribution >= 4 is 35.3 Å². The molecule has 2 aromatic rings. The van der Waals surface area contributed by atoms with E-state index in [1.807, 2.05) is 56.8 Å². The van der Waals surface area contributed by atoms with Gasteiger partial charge in [0.1, 0.15) is 5.82 Å². The topological polar surface area (TPSA) is 91.7 Å².